The van der Waals surface area contributed by atoms with E-state index in [4.69, 9.17) is 0 Å². The minimum Gasteiger partial charge on any atom is -0.311 e. The van der Waals surface area contributed by atoms with Crippen LogP contribution in [0.4, 0.5) is 0 Å². The lowest BCUT2D eigenvalue weighted by molar-refractivity contribution is 0.109. The Morgan fingerprint density at radius 3 is 2.67 bits per heavy atom. The van der Waals surface area contributed by atoms with Crippen molar-refractivity contribution < 1.29 is 0 Å². The average Bonchev–Trinajstić information content (AvgIpc) is 2.93. The third kappa shape index (κ3) is 3.65. The fourth-order valence-electron chi connectivity index (χ4n) is 3.87. The van der Waals surface area contributed by atoms with Gasteiger partial charge in [0, 0.05) is 38.3 Å². The van der Waals surface area contributed by atoms with E-state index < -0.39 is 0 Å². The summed E-state index contributed by atoms with van der Waals surface area (Å²) in [5, 5.41) is 3.73. The molecule has 1 N–H and O–H groups in total. The minimum atomic E-state index is 0.542. The second-order valence-corrected chi connectivity index (χ2v) is 6.81. The summed E-state index contributed by atoms with van der Waals surface area (Å²) in [5.41, 5.74) is 1.46. The summed E-state index contributed by atoms with van der Waals surface area (Å²) >= 11 is 0. The zero-order valence-corrected chi connectivity index (χ0v) is 13.5. The molecule has 21 heavy (non-hydrogen) atoms. The van der Waals surface area contributed by atoms with Crippen molar-refractivity contribution in [1.29, 1.82) is 0 Å². The number of likely N-dealkylation sites (tertiary alicyclic amines) is 1. The Bertz CT molecular complexity index is 433. The van der Waals surface area contributed by atoms with Gasteiger partial charge in [0.1, 0.15) is 0 Å². The first kappa shape index (κ1) is 15.0. The van der Waals surface area contributed by atoms with Crippen LogP contribution < -0.4 is 5.32 Å². The van der Waals surface area contributed by atoms with E-state index in [1.165, 1.54) is 44.6 Å². The van der Waals surface area contributed by atoms with E-state index in [1.54, 1.807) is 0 Å². The van der Waals surface area contributed by atoms with Crippen LogP contribution in [0.15, 0.2) is 30.3 Å². The van der Waals surface area contributed by atoms with Crippen molar-refractivity contribution in [2.45, 2.75) is 31.8 Å². The minimum absolute atomic E-state index is 0.542. The van der Waals surface area contributed by atoms with Crippen molar-refractivity contribution in [3.8, 4) is 0 Å². The molecule has 2 heterocycles. The van der Waals surface area contributed by atoms with Crippen molar-refractivity contribution in [3.05, 3.63) is 35.9 Å². The maximum absolute atomic E-state index is 3.73. The molecule has 3 rings (SSSR count). The molecule has 2 aliphatic heterocycles. The quantitative estimate of drug-likeness (QED) is 0.917. The summed E-state index contributed by atoms with van der Waals surface area (Å²) in [6.45, 7) is 8.36. The Morgan fingerprint density at radius 2 is 2.00 bits per heavy atom. The summed E-state index contributed by atoms with van der Waals surface area (Å²) in [6.07, 6.45) is 2.58. The van der Waals surface area contributed by atoms with Crippen LogP contribution in [0.25, 0.3) is 0 Å². The number of rotatable bonds is 4. The Kier molecular flexibility index (Phi) is 4.94. The Balaban J connectivity index is 1.71. The number of benzene rings is 1. The van der Waals surface area contributed by atoms with E-state index in [0.29, 0.717) is 12.1 Å². The van der Waals surface area contributed by atoms with E-state index in [2.05, 4.69) is 59.4 Å². The van der Waals surface area contributed by atoms with E-state index in [-0.39, 0.29) is 0 Å². The van der Waals surface area contributed by atoms with E-state index in [0.717, 1.165) is 12.5 Å². The van der Waals surface area contributed by atoms with Crippen molar-refractivity contribution in [3.63, 3.8) is 0 Å². The normalized spacial score (nSPS) is 31.6. The molecular weight excluding hydrogens is 258 g/mol. The van der Waals surface area contributed by atoms with Gasteiger partial charge in [-0.2, -0.15) is 0 Å². The van der Waals surface area contributed by atoms with Gasteiger partial charge < -0.3 is 10.2 Å². The highest BCUT2D eigenvalue weighted by atomic mass is 15.2. The molecule has 0 spiro atoms. The Labute approximate surface area is 129 Å². The van der Waals surface area contributed by atoms with Crippen molar-refractivity contribution in [2.75, 3.05) is 39.8 Å². The largest absolute Gasteiger partial charge is 0.311 e. The molecular formula is C18H29N3. The molecule has 3 nitrogen and oxygen atoms in total. The molecule has 3 unspecified atom stereocenters. The molecule has 2 saturated heterocycles. The molecule has 116 valence electrons. The van der Waals surface area contributed by atoms with Crippen LogP contribution in [0.2, 0.25) is 0 Å². The highest BCUT2D eigenvalue weighted by Gasteiger charge is 2.31. The first-order valence-corrected chi connectivity index (χ1v) is 8.47. The van der Waals surface area contributed by atoms with Crippen LogP contribution >= 0.6 is 0 Å². The first-order chi connectivity index (χ1) is 10.3. The highest BCUT2D eigenvalue weighted by molar-refractivity contribution is 5.20. The summed E-state index contributed by atoms with van der Waals surface area (Å²) in [7, 11) is 2.25. The lowest BCUT2D eigenvalue weighted by Crippen LogP contribution is -2.53. The molecule has 3 atom stereocenters. The summed E-state index contributed by atoms with van der Waals surface area (Å²) in [5.74, 6) is 0.844. The van der Waals surface area contributed by atoms with Crippen molar-refractivity contribution in [1.82, 2.24) is 15.1 Å². The first-order valence-electron chi connectivity index (χ1n) is 8.47. The van der Waals surface area contributed by atoms with E-state index >= 15 is 0 Å². The van der Waals surface area contributed by atoms with Gasteiger partial charge in [0.2, 0.25) is 0 Å². The molecule has 0 saturated carbocycles. The third-order valence-electron chi connectivity index (χ3n) is 5.15. The standard InChI is InChI=1S/C18H29N3/c1-3-17-14-21(13-15-9-10-20(2)12-15)18(11-19-17)16-7-5-4-6-8-16/h4-8,15,17-19H,3,9-14H2,1-2H3. The number of nitrogens with zero attached hydrogens (tertiary/aromatic N) is 2. The molecule has 0 aromatic heterocycles. The predicted molar refractivity (Wildman–Crippen MR) is 88.4 cm³/mol. The molecule has 0 amide bonds. The van der Waals surface area contributed by atoms with E-state index in [1.807, 2.05) is 0 Å². The fraction of sp³-hybridized carbons (Fsp3) is 0.667. The zero-order valence-electron chi connectivity index (χ0n) is 13.5. The summed E-state index contributed by atoms with van der Waals surface area (Å²) in [6, 6.07) is 12.2. The van der Waals surface area contributed by atoms with Gasteiger partial charge in [-0.1, -0.05) is 37.3 Å². The average molecular weight is 287 g/mol. The van der Waals surface area contributed by atoms with Gasteiger partial charge in [0.25, 0.3) is 0 Å². The van der Waals surface area contributed by atoms with Crippen LogP contribution in [-0.2, 0) is 0 Å². The molecule has 1 aromatic carbocycles. The summed E-state index contributed by atoms with van der Waals surface area (Å²) < 4.78 is 0. The topological polar surface area (TPSA) is 18.5 Å². The monoisotopic (exact) mass is 287 g/mol. The van der Waals surface area contributed by atoms with E-state index in [9.17, 15) is 0 Å². The second kappa shape index (κ2) is 6.91. The van der Waals surface area contributed by atoms with Crippen LogP contribution in [0, 0.1) is 5.92 Å². The maximum atomic E-state index is 3.73. The van der Waals surface area contributed by atoms with Gasteiger partial charge in [-0.25, -0.2) is 0 Å². The van der Waals surface area contributed by atoms with Gasteiger partial charge in [-0.05, 0) is 37.9 Å². The number of hydrogen-bond acceptors (Lipinski definition) is 3. The molecule has 3 heteroatoms. The predicted octanol–water partition coefficient (Wildman–Crippen LogP) is 2.36. The van der Waals surface area contributed by atoms with Gasteiger partial charge in [0.15, 0.2) is 0 Å². The Hall–Kier alpha value is -0.900. The third-order valence-corrected chi connectivity index (χ3v) is 5.15. The molecule has 0 radical (unpaired) electrons. The van der Waals surface area contributed by atoms with Crippen LogP contribution in [-0.4, -0.2) is 55.6 Å². The SMILES string of the molecule is CCC1CN(CC2CCN(C)C2)C(c2ccccc2)CN1. The molecule has 2 fully saturated rings. The molecule has 2 aliphatic rings. The second-order valence-electron chi connectivity index (χ2n) is 6.81. The Morgan fingerprint density at radius 1 is 1.19 bits per heavy atom. The van der Waals surface area contributed by atoms with Gasteiger partial charge in [-0.15, -0.1) is 0 Å². The van der Waals surface area contributed by atoms with Gasteiger partial charge >= 0.3 is 0 Å². The lowest BCUT2D eigenvalue weighted by atomic mass is 9.97. The fourth-order valence-corrected chi connectivity index (χ4v) is 3.87. The summed E-state index contributed by atoms with van der Waals surface area (Å²) in [4.78, 5) is 5.21. The smallest absolute Gasteiger partial charge is 0.0473 e. The molecule has 1 aromatic rings. The number of hydrogen-bond donors (Lipinski definition) is 1. The van der Waals surface area contributed by atoms with Crippen LogP contribution in [0.3, 0.4) is 0 Å². The highest BCUT2D eigenvalue weighted by Crippen LogP contribution is 2.27. The lowest BCUT2D eigenvalue weighted by Gasteiger charge is -2.41. The van der Waals surface area contributed by atoms with Crippen molar-refractivity contribution in [2.24, 2.45) is 5.92 Å². The number of nitrogens with one attached hydrogen (secondary N) is 1. The van der Waals surface area contributed by atoms with Crippen LogP contribution in [0.1, 0.15) is 31.4 Å². The number of piperazine rings is 1. The molecule has 0 aliphatic carbocycles. The molecule has 0 bridgehead atoms. The van der Waals surface area contributed by atoms with Crippen LogP contribution in [0.5, 0.6) is 0 Å². The zero-order chi connectivity index (χ0) is 14.7. The maximum Gasteiger partial charge on any atom is 0.0473 e. The van der Waals surface area contributed by atoms with Gasteiger partial charge in [0.05, 0.1) is 0 Å². The van der Waals surface area contributed by atoms with Gasteiger partial charge in [-0.3, -0.25) is 4.90 Å². The van der Waals surface area contributed by atoms with Crippen molar-refractivity contribution >= 4 is 0 Å².